The molecule has 1 aromatic carbocycles. The Balaban J connectivity index is 1.44. The first-order valence-corrected chi connectivity index (χ1v) is 8.55. The minimum atomic E-state index is -0.750. The van der Waals surface area contributed by atoms with Gasteiger partial charge in [0.05, 0.1) is 17.9 Å². The number of benzene rings is 1. The second-order valence-electron chi connectivity index (χ2n) is 6.81. The topological polar surface area (TPSA) is 31.5 Å². The molecule has 5 heteroatoms. The number of anilines is 1. The summed E-state index contributed by atoms with van der Waals surface area (Å²) in [6.45, 7) is 1.16. The predicted molar refractivity (Wildman–Crippen MR) is 97.9 cm³/mol. The van der Waals surface area contributed by atoms with Gasteiger partial charge in [-0.2, -0.15) is 0 Å². The van der Waals surface area contributed by atoms with Crippen LogP contribution in [0.15, 0.2) is 47.7 Å². The van der Waals surface area contributed by atoms with Crippen molar-refractivity contribution in [3.63, 3.8) is 0 Å². The van der Waals surface area contributed by atoms with Crippen molar-refractivity contribution in [2.24, 2.45) is 4.99 Å². The van der Waals surface area contributed by atoms with Crippen LogP contribution in [0.4, 0.5) is 15.9 Å². The van der Waals surface area contributed by atoms with E-state index >= 15 is 0 Å². The second-order valence-corrected chi connectivity index (χ2v) is 6.81. The number of fused-ring (bicyclic) bond motifs is 1. The molecule has 0 spiro atoms. The molecule has 0 radical (unpaired) electrons. The lowest BCUT2D eigenvalue weighted by Crippen LogP contribution is -2.22. The maximum Gasteiger partial charge on any atom is 0.182 e. The smallest absolute Gasteiger partial charge is 0.182 e. The van der Waals surface area contributed by atoms with Gasteiger partial charge in [0.1, 0.15) is 24.6 Å². The number of alkyl halides is 1. The van der Waals surface area contributed by atoms with E-state index in [1.54, 1.807) is 6.20 Å². The molecule has 0 amide bonds. The standard InChI is InChI=1S/C20H18FN4/c1-24-10-15(11-24)13-2-3-18-17(8-13)20(23-18)14-4-6-22-19(9-14)25-7-5-16(21)12-25/h2-4,6,8-11,16H,5,7,12H2,1H3/q+1. The Labute approximate surface area is 145 Å². The van der Waals surface area contributed by atoms with Gasteiger partial charge in [0.15, 0.2) is 12.4 Å². The quantitative estimate of drug-likeness (QED) is 0.690. The minimum absolute atomic E-state index is 0.432. The van der Waals surface area contributed by atoms with E-state index in [1.165, 1.54) is 16.7 Å². The van der Waals surface area contributed by atoms with Crippen molar-refractivity contribution < 1.29 is 8.97 Å². The summed E-state index contributed by atoms with van der Waals surface area (Å²) in [5.74, 6) is 0.835. The summed E-state index contributed by atoms with van der Waals surface area (Å²) in [7, 11) is 2.02. The molecule has 2 aromatic rings. The first-order valence-electron chi connectivity index (χ1n) is 8.55. The van der Waals surface area contributed by atoms with Crippen LogP contribution < -0.4 is 4.90 Å². The largest absolute Gasteiger partial charge is 0.354 e. The van der Waals surface area contributed by atoms with Crippen molar-refractivity contribution in [3.05, 3.63) is 59.4 Å². The van der Waals surface area contributed by atoms with Gasteiger partial charge in [0.25, 0.3) is 0 Å². The van der Waals surface area contributed by atoms with E-state index in [-0.39, 0.29) is 0 Å². The third-order valence-corrected chi connectivity index (χ3v) is 4.98. The predicted octanol–water partition coefficient (Wildman–Crippen LogP) is 3.18. The zero-order valence-electron chi connectivity index (χ0n) is 14.0. The van der Waals surface area contributed by atoms with Crippen LogP contribution in [0.3, 0.4) is 0 Å². The molecule has 0 aliphatic carbocycles. The fraction of sp³-hybridized carbons (Fsp3) is 0.250. The Kier molecular flexibility index (Phi) is 3.10. The summed E-state index contributed by atoms with van der Waals surface area (Å²) >= 11 is 0. The zero-order valence-corrected chi connectivity index (χ0v) is 14.0. The maximum absolute atomic E-state index is 13.5. The SMILES string of the molecule is C[N+]1=CC(c2ccc3c(c2)C(c2ccnc(N4CCC(F)C4)c2)=N3)=C1. The van der Waals surface area contributed by atoms with Crippen LogP contribution >= 0.6 is 0 Å². The summed E-state index contributed by atoms with van der Waals surface area (Å²) in [6.07, 6.45) is 5.85. The van der Waals surface area contributed by atoms with Gasteiger partial charge >= 0.3 is 0 Å². The first kappa shape index (κ1) is 14.5. The van der Waals surface area contributed by atoms with Crippen LogP contribution in [0.2, 0.25) is 0 Å². The fourth-order valence-corrected chi connectivity index (χ4v) is 3.59. The third-order valence-electron chi connectivity index (χ3n) is 4.98. The summed E-state index contributed by atoms with van der Waals surface area (Å²) in [5, 5.41) is 0. The molecule has 1 aromatic heterocycles. The van der Waals surface area contributed by atoms with Crippen molar-refractivity contribution >= 4 is 29.0 Å². The molecular weight excluding hydrogens is 315 g/mol. The fourth-order valence-electron chi connectivity index (χ4n) is 3.59. The van der Waals surface area contributed by atoms with Gasteiger partial charge in [-0.15, -0.1) is 0 Å². The molecule has 4 heterocycles. The highest BCUT2D eigenvalue weighted by molar-refractivity contribution is 6.23. The molecule has 1 unspecified atom stereocenters. The van der Waals surface area contributed by atoms with Crippen molar-refractivity contribution in [2.75, 3.05) is 25.0 Å². The number of hydrogen-bond acceptors (Lipinski definition) is 3. The molecule has 1 saturated heterocycles. The van der Waals surface area contributed by atoms with E-state index in [4.69, 9.17) is 0 Å². The molecule has 3 aliphatic heterocycles. The zero-order chi connectivity index (χ0) is 17.0. The summed E-state index contributed by atoms with van der Waals surface area (Å²) in [5.41, 5.74) is 6.67. The van der Waals surface area contributed by atoms with Gasteiger partial charge in [-0.25, -0.2) is 18.9 Å². The van der Waals surface area contributed by atoms with Crippen molar-refractivity contribution in [1.82, 2.24) is 4.98 Å². The molecule has 3 aliphatic rings. The molecule has 1 atom stereocenters. The Hall–Kier alpha value is -2.82. The number of halogens is 1. The van der Waals surface area contributed by atoms with Crippen LogP contribution in [-0.4, -0.2) is 47.8 Å². The summed E-state index contributed by atoms with van der Waals surface area (Å²) < 4.78 is 15.5. The molecular formula is C20H18FN4+. The van der Waals surface area contributed by atoms with E-state index in [9.17, 15) is 4.39 Å². The lowest BCUT2D eigenvalue weighted by atomic mass is 9.92. The van der Waals surface area contributed by atoms with E-state index in [2.05, 4.69) is 40.6 Å². The molecule has 5 rings (SSSR count). The lowest BCUT2D eigenvalue weighted by molar-refractivity contribution is -0.423. The molecule has 0 bridgehead atoms. The van der Waals surface area contributed by atoms with Gasteiger partial charge < -0.3 is 4.90 Å². The van der Waals surface area contributed by atoms with Crippen LogP contribution in [0.25, 0.3) is 5.57 Å². The lowest BCUT2D eigenvalue weighted by Gasteiger charge is -2.22. The monoisotopic (exact) mass is 333 g/mol. The number of aliphatic imine (C=N–C) groups is 1. The minimum Gasteiger partial charge on any atom is -0.354 e. The van der Waals surface area contributed by atoms with Gasteiger partial charge in [0.2, 0.25) is 0 Å². The number of aromatic nitrogens is 1. The second kappa shape index (κ2) is 5.34. The van der Waals surface area contributed by atoms with Crippen LogP contribution in [0.1, 0.15) is 23.1 Å². The molecule has 124 valence electrons. The number of nitrogens with zero attached hydrogens (tertiary/aromatic N) is 4. The number of allylic oxidation sites excluding steroid dienone is 1. The average molecular weight is 333 g/mol. The summed E-state index contributed by atoms with van der Waals surface area (Å²) in [6, 6.07) is 10.4. The first-order chi connectivity index (χ1) is 12.2. The van der Waals surface area contributed by atoms with E-state index in [1.807, 2.05) is 28.7 Å². The Morgan fingerprint density at radius 3 is 2.84 bits per heavy atom. The van der Waals surface area contributed by atoms with Gasteiger partial charge in [-0.05, 0) is 36.2 Å². The molecule has 1 fully saturated rings. The van der Waals surface area contributed by atoms with Crippen molar-refractivity contribution in [3.8, 4) is 0 Å². The number of pyridine rings is 1. The van der Waals surface area contributed by atoms with E-state index in [0.717, 1.165) is 29.3 Å². The van der Waals surface area contributed by atoms with Gasteiger partial charge in [0, 0.05) is 23.9 Å². The molecule has 4 nitrogen and oxygen atoms in total. The van der Waals surface area contributed by atoms with E-state index in [0.29, 0.717) is 13.0 Å². The third kappa shape index (κ3) is 2.38. The highest BCUT2D eigenvalue weighted by Gasteiger charge is 2.26. The van der Waals surface area contributed by atoms with Crippen molar-refractivity contribution in [2.45, 2.75) is 12.6 Å². The van der Waals surface area contributed by atoms with Gasteiger partial charge in [-0.1, -0.05) is 6.07 Å². The van der Waals surface area contributed by atoms with Crippen molar-refractivity contribution in [1.29, 1.82) is 0 Å². The molecule has 25 heavy (non-hydrogen) atoms. The Bertz CT molecular complexity index is 973. The molecule has 0 N–H and O–H groups in total. The maximum atomic E-state index is 13.5. The average Bonchev–Trinajstić information content (AvgIpc) is 3.00. The normalized spacial score (nSPS) is 21.0. The van der Waals surface area contributed by atoms with Crippen LogP contribution in [0, 0.1) is 0 Å². The Morgan fingerprint density at radius 1 is 1.20 bits per heavy atom. The van der Waals surface area contributed by atoms with E-state index < -0.39 is 6.17 Å². The van der Waals surface area contributed by atoms with Crippen LogP contribution in [-0.2, 0) is 0 Å². The van der Waals surface area contributed by atoms with Crippen LogP contribution in [0.5, 0.6) is 0 Å². The summed E-state index contributed by atoms with van der Waals surface area (Å²) in [4.78, 5) is 11.1. The number of hydrogen-bond donors (Lipinski definition) is 0. The molecule has 0 saturated carbocycles. The highest BCUT2D eigenvalue weighted by atomic mass is 19.1. The number of rotatable bonds is 3. The van der Waals surface area contributed by atoms with Gasteiger partial charge in [-0.3, -0.25) is 0 Å². The Morgan fingerprint density at radius 2 is 2.08 bits per heavy atom. The highest BCUT2D eigenvalue weighted by Crippen LogP contribution is 2.36.